The van der Waals surface area contributed by atoms with E-state index in [1.807, 2.05) is 48.5 Å². The maximum Gasteiger partial charge on any atom is 0.250 e. The van der Waals surface area contributed by atoms with E-state index in [1.165, 1.54) is 34.2 Å². The average molecular weight is 551 g/mol. The van der Waals surface area contributed by atoms with Gasteiger partial charge in [-0.1, -0.05) is 95.0 Å². The third-order valence-corrected chi connectivity index (χ3v) is 8.29. The highest BCUT2D eigenvalue weighted by molar-refractivity contribution is 8.03. The van der Waals surface area contributed by atoms with E-state index in [1.54, 1.807) is 25.1 Å². The van der Waals surface area contributed by atoms with Crippen LogP contribution in [-0.4, -0.2) is 35.2 Å². The van der Waals surface area contributed by atoms with Gasteiger partial charge >= 0.3 is 0 Å². The van der Waals surface area contributed by atoms with Crippen LogP contribution in [0.1, 0.15) is 22.3 Å². The molecule has 4 rings (SSSR count). The van der Waals surface area contributed by atoms with Crippen molar-refractivity contribution >= 4 is 47.0 Å². The first-order valence-corrected chi connectivity index (χ1v) is 14.2. The normalized spacial score (nSPS) is 11.0. The zero-order valence-electron chi connectivity index (χ0n) is 20.4. The summed E-state index contributed by atoms with van der Waals surface area (Å²) in [5, 5.41) is 12.5. The Bertz CT molecular complexity index is 1330. The van der Waals surface area contributed by atoms with Gasteiger partial charge in [-0.2, -0.15) is 5.10 Å². The number of nitrogens with one attached hydrogen (secondary N) is 1. The molecule has 0 radical (unpaired) electrons. The molecular weight excluding hydrogens is 525 g/mol. The number of hydrazone groups is 1. The molecule has 190 valence electrons. The van der Waals surface area contributed by atoms with Gasteiger partial charge in [-0.3, -0.25) is 4.79 Å². The van der Waals surface area contributed by atoms with E-state index in [4.69, 9.17) is 9.47 Å². The number of rotatable bonds is 12. The number of thioether (sulfide) groups is 2. The van der Waals surface area contributed by atoms with E-state index in [0.29, 0.717) is 18.1 Å². The van der Waals surface area contributed by atoms with E-state index in [-0.39, 0.29) is 11.7 Å². The molecule has 10 heteroatoms. The van der Waals surface area contributed by atoms with E-state index >= 15 is 0 Å². The molecule has 4 aromatic rings. The van der Waals surface area contributed by atoms with Crippen LogP contribution in [0.2, 0.25) is 0 Å². The molecule has 0 aliphatic heterocycles. The number of ether oxygens (including phenoxy) is 2. The summed E-state index contributed by atoms with van der Waals surface area (Å²) < 4.78 is 13.0. The van der Waals surface area contributed by atoms with Crippen molar-refractivity contribution < 1.29 is 14.3 Å². The molecule has 37 heavy (non-hydrogen) atoms. The number of amides is 1. The minimum Gasteiger partial charge on any atom is -0.493 e. The van der Waals surface area contributed by atoms with Gasteiger partial charge < -0.3 is 9.47 Å². The molecule has 0 bridgehead atoms. The minimum absolute atomic E-state index is 0.197. The monoisotopic (exact) mass is 550 g/mol. The number of aromatic nitrogens is 2. The van der Waals surface area contributed by atoms with Gasteiger partial charge in [-0.15, -0.1) is 10.2 Å². The van der Waals surface area contributed by atoms with Crippen molar-refractivity contribution in [2.75, 3.05) is 12.9 Å². The van der Waals surface area contributed by atoms with Crippen molar-refractivity contribution in [3.8, 4) is 11.5 Å². The number of hydrogen-bond donors (Lipinski definition) is 1. The van der Waals surface area contributed by atoms with Crippen LogP contribution in [0.15, 0.2) is 86.6 Å². The molecule has 0 saturated carbocycles. The molecule has 0 fully saturated rings. The SMILES string of the molecule is COc1ccc(/C=N/NC(=O)CSc2nnc(SCc3ccc(C)cc3)s2)cc1OCc1ccccc1. The summed E-state index contributed by atoms with van der Waals surface area (Å²) in [5.41, 5.74) is 6.87. The van der Waals surface area contributed by atoms with Crippen LogP contribution in [0, 0.1) is 6.92 Å². The van der Waals surface area contributed by atoms with Crippen molar-refractivity contribution in [2.45, 2.75) is 28.0 Å². The highest BCUT2D eigenvalue weighted by atomic mass is 32.2. The zero-order chi connectivity index (χ0) is 25.9. The molecule has 0 atom stereocenters. The second kappa shape index (κ2) is 13.8. The summed E-state index contributed by atoms with van der Waals surface area (Å²) in [4.78, 5) is 12.2. The number of carbonyl (C=O) groups is 1. The van der Waals surface area contributed by atoms with Gasteiger partial charge in [0.25, 0.3) is 5.91 Å². The average Bonchev–Trinajstić information content (AvgIpc) is 3.39. The fourth-order valence-electron chi connectivity index (χ4n) is 3.10. The first kappa shape index (κ1) is 26.7. The molecule has 1 N–H and O–H groups in total. The molecular formula is C27H26N4O3S3. The summed E-state index contributed by atoms with van der Waals surface area (Å²) in [7, 11) is 1.60. The number of hydrogen-bond acceptors (Lipinski definition) is 9. The zero-order valence-corrected chi connectivity index (χ0v) is 22.9. The number of aryl methyl sites for hydroxylation is 1. The lowest BCUT2D eigenvalue weighted by Gasteiger charge is -2.11. The summed E-state index contributed by atoms with van der Waals surface area (Å²) in [6.45, 7) is 2.49. The van der Waals surface area contributed by atoms with Crippen LogP contribution < -0.4 is 14.9 Å². The second-order valence-electron chi connectivity index (χ2n) is 7.87. The molecule has 0 saturated heterocycles. The minimum atomic E-state index is -0.223. The topological polar surface area (TPSA) is 85.7 Å². The lowest BCUT2D eigenvalue weighted by Crippen LogP contribution is -2.19. The van der Waals surface area contributed by atoms with Gasteiger partial charge in [-0.25, -0.2) is 5.43 Å². The van der Waals surface area contributed by atoms with E-state index in [9.17, 15) is 4.79 Å². The third kappa shape index (κ3) is 8.63. The van der Waals surface area contributed by atoms with Crippen molar-refractivity contribution in [2.24, 2.45) is 5.10 Å². The van der Waals surface area contributed by atoms with Gasteiger partial charge in [0.15, 0.2) is 20.2 Å². The molecule has 1 aromatic heterocycles. The van der Waals surface area contributed by atoms with Gasteiger partial charge in [-0.05, 0) is 41.8 Å². The molecule has 1 heterocycles. The standard InChI is InChI=1S/C27H26N4O3S3/c1-19-8-10-21(11-9-19)17-35-26-30-31-27(37-26)36-18-25(32)29-28-15-22-12-13-23(33-2)24(14-22)34-16-20-6-4-3-5-7-20/h3-15H,16-18H2,1-2H3,(H,29,32)/b28-15+. The van der Waals surface area contributed by atoms with Crippen molar-refractivity contribution in [3.05, 3.63) is 95.1 Å². The Labute approximate surface area is 228 Å². The summed E-state index contributed by atoms with van der Waals surface area (Å²) in [5.74, 6) is 2.03. The molecule has 0 aliphatic carbocycles. The lowest BCUT2D eigenvalue weighted by atomic mass is 10.2. The highest BCUT2D eigenvalue weighted by Gasteiger charge is 2.09. The Balaban J connectivity index is 1.23. The summed E-state index contributed by atoms with van der Waals surface area (Å²) in [6, 6.07) is 23.8. The number of methoxy groups -OCH3 is 1. The lowest BCUT2D eigenvalue weighted by molar-refractivity contribution is -0.118. The smallest absolute Gasteiger partial charge is 0.250 e. The highest BCUT2D eigenvalue weighted by Crippen LogP contribution is 2.31. The molecule has 0 aliphatic rings. The molecule has 3 aromatic carbocycles. The number of carbonyl (C=O) groups excluding carboxylic acids is 1. The predicted molar refractivity (Wildman–Crippen MR) is 151 cm³/mol. The Morgan fingerprint density at radius 2 is 1.73 bits per heavy atom. The van der Waals surface area contributed by atoms with Crippen LogP contribution in [0.3, 0.4) is 0 Å². The fourth-order valence-corrected chi connectivity index (χ4v) is 5.87. The fraction of sp³-hybridized carbons (Fsp3) is 0.185. The predicted octanol–water partition coefficient (Wildman–Crippen LogP) is 5.97. The van der Waals surface area contributed by atoms with Gasteiger partial charge in [0.2, 0.25) is 0 Å². The largest absolute Gasteiger partial charge is 0.493 e. The Morgan fingerprint density at radius 1 is 0.973 bits per heavy atom. The molecule has 7 nitrogen and oxygen atoms in total. The van der Waals surface area contributed by atoms with Crippen LogP contribution in [0.4, 0.5) is 0 Å². The first-order chi connectivity index (χ1) is 18.1. The Hall–Kier alpha value is -3.34. The van der Waals surface area contributed by atoms with Crippen LogP contribution in [0.25, 0.3) is 0 Å². The quantitative estimate of drug-likeness (QED) is 0.132. The van der Waals surface area contributed by atoms with Crippen LogP contribution in [0.5, 0.6) is 11.5 Å². The molecule has 1 amide bonds. The van der Waals surface area contributed by atoms with E-state index < -0.39 is 0 Å². The maximum atomic E-state index is 12.2. The van der Waals surface area contributed by atoms with E-state index in [2.05, 4.69) is 51.9 Å². The van der Waals surface area contributed by atoms with Crippen LogP contribution in [-0.2, 0) is 17.2 Å². The van der Waals surface area contributed by atoms with Crippen molar-refractivity contribution in [1.29, 1.82) is 0 Å². The van der Waals surface area contributed by atoms with Gasteiger partial charge in [0.05, 0.1) is 19.1 Å². The maximum absolute atomic E-state index is 12.2. The van der Waals surface area contributed by atoms with Gasteiger partial charge in [0, 0.05) is 5.75 Å². The van der Waals surface area contributed by atoms with Gasteiger partial charge in [0.1, 0.15) is 6.61 Å². The van der Waals surface area contributed by atoms with E-state index in [0.717, 1.165) is 25.6 Å². The third-order valence-electron chi connectivity index (χ3n) is 5.03. The summed E-state index contributed by atoms with van der Waals surface area (Å²) >= 11 is 4.47. The first-order valence-electron chi connectivity index (χ1n) is 11.4. The molecule has 0 unspecified atom stereocenters. The number of benzene rings is 3. The second-order valence-corrected chi connectivity index (χ2v) is 11.3. The Kier molecular flexibility index (Phi) is 9.98. The van der Waals surface area contributed by atoms with Crippen LogP contribution >= 0.6 is 34.9 Å². The Morgan fingerprint density at radius 3 is 2.49 bits per heavy atom. The van der Waals surface area contributed by atoms with Crippen molar-refractivity contribution in [1.82, 2.24) is 15.6 Å². The van der Waals surface area contributed by atoms with Crippen molar-refractivity contribution in [3.63, 3.8) is 0 Å². The molecule has 0 spiro atoms. The summed E-state index contributed by atoms with van der Waals surface area (Å²) in [6.07, 6.45) is 1.57. The number of nitrogens with zero attached hydrogens (tertiary/aromatic N) is 3.